The van der Waals surface area contributed by atoms with E-state index < -0.39 is 6.09 Å². The van der Waals surface area contributed by atoms with Crippen molar-refractivity contribution in [1.29, 1.82) is 0 Å². The highest BCUT2D eigenvalue weighted by atomic mass is 16.5. The van der Waals surface area contributed by atoms with Gasteiger partial charge >= 0.3 is 6.09 Å². The number of likely N-dealkylation sites (N-methyl/N-ethyl adjacent to an activating group) is 1. The summed E-state index contributed by atoms with van der Waals surface area (Å²) in [6, 6.07) is 17.0. The van der Waals surface area contributed by atoms with Gasteiger partial charge in [0.25, 0.3) is 5.91 Å². The van der Waals surface area contributed by atoms with Crippen molar-refractivity contribution in [3.8, 4) is 5.75 Å². The first-order chi connectivity index (χ1) is 15.0. The largest absolute Gasteiger partial charge is 0.485 e. The average molecular weight is 426 g/mol. The fourth-order valence-corrected chi connectivity index (χ4v) is 3.69. The van der Waals surface area contributed by atoms with E-state index in [0.29, 0.717) is 30.8 Å². The molecule has 0 saturated carbocycles. The third-order valence-corrected chi connectivity index (χ3v) is 5.62. The molecule has 1 N–H and O–H groups in total. The Labute approximate surface area is 183 Å². The number of hydrogen-bond acceptors (Lipinski definition) is 4. The lowest BCUT2D eigenvalue weighted by Crippen LogP contribution is -2.34. The van der Waals surface area contributed by atoms with Crippen LogP contribution in [-0.2, 0) is 0 Å². The Hall–Kier alpha value is -3.06. The Morgan fingerprint density at radius 3 is 2.48 bits per heavy atom. The fraction of sp³-hybridized carbons (Fsp3) is 0.417. The van der Waals surface area contributed by atoms with E-state index in [1.165, 1.54) is 11.9 Å². The zero-order valence-corrected chi connectivity index (χ0v) is 18.2. The second-order valence-electron chi connectivity index (χ2n) is 7.96. The molecule has 1 atom stereocenters. The number of carboxylic acid groups (broad SMARTS) is 1. The topological polar surface area (TPSA) is 73.3 Å². The zero-order valence-electron chi connectivity index (χ0n) is 18.2. The molecule has 2 aromatic carbocycles. The Morgan fingerprint density at radius 1 is 1.03 bits per heavy atom. The molecular formula is C24H31N3O4. The van der Waals surface area contributed by atoms with Crippen LogP contribution < -0.4 is 4.74 Å². The molecule has 2 amide bonds. The van der Waals surface area contributed by atoms with Crippen molar-refractivity contribution in [1.82, 2.24) is 14.7 Å². The van der Waals surface area contributed by atoms with Crippen LogP contribution in [-0.4, -0.2) is 78.6 Å². The van der Waals surface area contributed by atoms with Crippen molar-refractivity contribution in [3.05, 3.63) is 65.7 Å². The number of benzene rings is 2. The number of carbonyl (C=O) groups is 2. The maximum atomic E-state index is 13.3. The molecule has 1 saturated heterocycles. The number of ether oxygens (including phenoxy) is 1. The van der Waals surface area contributed by atoms with Crippen LogP contribution in [0.2, 0.25) is 0 Å². The molecule has 0 bridgehead atoms. The summed E-state index contributed by atoms with van der Waals surface area (Å²) in [5.74, 6) is 0.497. The third-order valence-electron chi connectivity index (χ3n) is 5.62. The quantitative estimate of drug-likeness (QED) is 0.734. The molecule has 31 heavy (non-hydrogen) atoms. The predicted molar refractivity (Wildman–Crippen MR) is 120 cm³/mol. The van der Waals surface area contributed by atoms with Crippen LogP contribution in [0.3, 0.4) is 0 Å². The van der Waals surface area contributed by atoms with Crippen molar-refractivity contribution >= 4 is 12.0 Å². The molecule has 7 nitrogen and oxygen atoms in total. The summed E-state index contributed by atoms with van der Waals surface area (Å²) in [6.45, 7) is 3.57. The van der Waals surface area contributed by atoms with Crippen molar-refractivity contribution < 1.29 is 19.4 Å². The van der Waals surface area contributed by atoms with Gasteiger partial charge in [-0.25, -0.2) is 4.79 Å². The van der Waals surface area contributed by atoms with Crippen LogP contribution >= 0.6 is 0 Å². The lowest BCUT2D eigenvalue weighted by molar-refractivity contribution is 0.0754. The molecule has 0 radical (unpaired) electrons. The maximum Gasteiger partial charge on any atom is 0.407 e. The molecule has 1 aliphatic heterocycles. The smallest absolute Gasteiger partial charge is 0.407 e. The molecule has 1 aliphatic rings. The van der Waals surface area contributed by atoms with Crippen molar-refractivity contribution in [3.63, 3.8) is 0 Å². The van der Waals surface area contributed by atoms with E-state index in [1.807, 2.05) is 53.4 Å². The van der Waals surface area contributed by atoms with Gasteiger partial charge in [-0.1, -0.05) is 42.5 Å². The van der Waals surface area contributed by atoms with Crippen molar-refractivity contribution in [2.45, 2.75) is 18.9 Å². The van der Waals surface area contributed by atoms with E-state index in [9.17, 15) is 14.7 Å². The number of carbonyl (C=O) groups excluding carboxylic acids is 1. The van der Waals surface area contributed by atoms with Crippen LogP contribution in [0.1, 0.15) is 34.9 Å². The lowest BCUT2D eigenvalue weighted by atomic mass is 10.1. The summed E-state index contributed by atoms with van der Waals surface area (Å²) >= 11 is 0. The van der Waals surface area contributed by atoms with Gasteiger partial charge in [-0.05, 0) is 37.7 Å². The van der Waals surface area contributed by atoms with Gasteiger partial charge in [-0.15, -0.1) is 0 Å². The molecule has 1 heterocycles. The van der Waals surface area contributed by atoms with Crippen LogP contribution in [0.25, 0.3) is 0 Å². The van der Waals surface area contributed by atoms with Gasteiger partial charge in [-0.3, -0.25) is 4.79 Å². The first kappa shape index (κ1) is 22.6. The summed E-state index contributed by atoms with van der Waals surface area (Å²) in [4.78, 5) is 29.9. The van der Waals surface area contributed by atoms with Crippen molar-refractivity contribution in [2.75, 3.05) is 46.8 Å². The van der Waals surface area contributed by atoms with Gasteiger partial charge in [0.1, 0.15) is 11.9 Å². The highest BCUT2D eigenvalue weighted by Crippen LogP contribution is 2.29. The van der Waals surface area contributed by atoms with E-state index in [-0.39, 0.29) is 12.0 Å². The SMILES string of the molecule is CN1CCCN(C(=O)c2ccccc2OC(CCN(C)C(=O)O)c2ccccc2)CC1. The number of nitrogens with zero attached hydrogens (tertiary/aromatic N) is 3. The van der Waals surface area contributed by atoms with Gasteiger partial charge in [0, 0.05) is 39.6 Å². The summed E-state index contributed by atoms with van der Waals surface area (Å²) < 4.78 is 6.35. The second kappa shape index (κ2) is 10.8. The molecule has 1 unspecified atom stereocenters. The predicted octanol–water partition coefficient (Wildman–Crippen LogP) is 3.58. The monoisotopic (exact) mass is 425 g/mol. The molecule has 0 aliphatic carbocycles. The summed E-state index contributed by atoms with van der Waals surface area (Å²) in [6.07, 6.45) is 0.0734. The molecule has 2 aromatic rings. The molecule has 0 aromatic heterocycles. The van der Waals surface area contributed by atoms with Crippen LogP contribution in [0.5, 0.6) is 5.75 Å². The van der Waals surface area contributed by atoms with Gasteiger partial charge in [0.15, 0.2) is 0 Å². The minimum Gasteiger partial charge on any atom is -0.485 e. The fourth-order valence-electron chi connectivity index (χ4n) is 3.69. The van der Waals surface area contributed by atoms with E-state index in [4.69, 9.17) is 4.74 Å². The van der Waals surface area contributed by atoms with Crippen LogP contribution in [0.15, 0.2) is 54.6 Å². The van der Waals surface area contributed by atoms with Crippen molar-refractivity contribution in [2.24, 2.45) is 0 Å². The highest BCUT2D eigenvalue weighted by Gasteiger charge is 2.24. The zero-order chi connectivity index (χ0) is 22.2. The molecule has 166 valence electrons. The number of rotatable bonds is 7. The first-order valence-electron chi connectivity index (χ1n) is 10.7. The Kier molecular flexibility index (Phi) is 7.89. The molecule has 3 rings (SSSR count). The molecule has 7 heteroatoms. The summed E-state index contributed by atoms with van der Waals surface area (Å²) in [7, 11) is 3.61. The van der Waals surface area contributed by atoms with Gasteiger partial charge in [0.2, 0.25) is 0 Å². The molecular weight excluding hydrogens is 394 g/mol. The maximum absolute atomic E-state index is 13.3. The minimum atomic E-state index is -0.978. The van der Waals surface area contributed by atoms with E-state index in [2.05, 4.69) is 11.9 Å². The minimum absolute atomic E-state index is 0.0274. The number of para-hydroxylation sites is 1. The summed E-state index contributed by atoms with van der Waals surface area (Å²) in [5, 5.41) is 9.19. The van der Waals surface area contributed by atoms with E-state index in [1.54, 1.807) is 6.07 Å². The Bertz CT molecular complexity index is 874. The normalized spacial score (nSPS) is 15.7. The lowest BCUT2D eigenvalue weighted by Gasteiger charge is -2.25. The Morgan fingerprint density at radius 2 is 1.74 bits per heavy atom. The van der Waals surface area contributed by atoms with Gasteiger partial charge in [0.05, 0.1) is 5.56 Å². The number of hydrogen-bond donors (Lipinski definition) is 1. The molecule has 1 fully saturated rings. The molecule has 0 spiro atoms. The summed E-state index contributed by atoms with van der Waals surface area (Å²) in [5.41, 5.74) is 1.49. The third kappa shape index (κ3) is 6.21. The van der Waals surface area contributed by atoms with Gasteiger partial charge in [-0.2, -0.15) is 0 Å². The van der Waals surface area contributed by atoms with E-state index >= 15 is 0 Å². The van der Waals surface area contributed by atoms with Crippen LogP contribution in [0.4, 0.5) is 4.79 Å². The van der Waals surface area contributed by atoms with Gasteiger partial charge < -0.3 is 24.5 Å². The second-order valence-corrected chi connectivity index (χ2v) is 7.96. The van der Waals surface area contributed by atoms with E-state index in [0.717, 1.165) is 31.6 Å². The standard InChI is InChI=1S/C24H31N3O4/c1-25-14-8-15-27(18-17-25)23(28)20-11-6-7-12-22(20)31-21(13-16-26(2)24(29)30)19-9-4-3-5-10-19/h3-7,9-12,21H,8,13-18H2,1-2H3,(H,29,30). The highest BCUT2D eigenvalue weighted by molar-refractivity contribution is 5.97. The van der Waals surface area contributed by atoms with Crippen LogP contribution in [0, 0.1) is 0 Å². The average Bonchev–Trinajstić information content (AvgIpc) is 3.01. The Balaban J connectivity index is 1.81. The first-order valence-corrected chi connectivity index (χ1v) is 10.7. The number of amides is 2.